The molecule has 33 heavy (non-hydrogen) atoms. The third-order valence-electron chi connectivity index (χ3n) is 5.00. The molecule has 0 saturated heterocycles. The molecule has 2 aromatic rings. The van der Waals surface area contributed by atoms with Crippen molar-refractivity contribution in [2.75, 3.05) is 0 Å². The van der Waals surface area contributed by atoms with Gasteiger partial charge < -0.3 is 10.8 Å². The van der Waals surface area contributed by atoms with E-state index in [1.165, 1.54) is 6.08 Å². The van der Waals surface area contributed by atoms with Crippen LogP contribution in [0.4, 0.5) is 10.3 Å². The minimum atomic E-state index is -1.38. The zero-order valence-corrected chi connectivity index (χ0v) is 17.9. The summed E-state index contributed by atoms with van der Waals surface area (Å²) in [6.07, 6.45) is 8.17. The van der Waals surface area contributed by atoms with Crippen molar-refractivity contribution in [2.45, 2.75) is 19.1 Å². The van der Waals surface area contributed by atoms with Crippen molar-refractivity contribution in [1.29, 1.82) is 5.41 Å². The van der Waals surface area contributed by atoms with Gasteiger partial charge in [0.2, 0.25) is 0 Å². The summed E-state index contributed by atoms with van der Waals surface area (Å²) in [7, 11) is 0. The number of amidine groups is 1. The zero-order chi connectivity index (χ0) is 23.5. The lowest BCUT2D eigenvalue weighted by atomic mass is 9.90. The van der Waals surface area contributed by atoms with Crippen LogP contribution in [0.3, 0.4) is 0 Å². The highest BCUT2D eigenvalue weighted by Gasteiger charge is 2.26. The van der Waals surface area contributed by atoms with E-state index in [2.05, 4.69) is 20.0 Å². The van der Waals surface area contributed by atoms with Gasteiger partial charge >= 0.3 is 5.97 Å². The predicted molar refractivity (Wildman–Crippen MR) is 125 cm³/mol. The second kappa shape index (κ2) is 9.25. The highest BCUT2D eigenvalue weighted by atomic mass is 35.5. The van der Waals surface area contributed by atoms with Gasteiger partial charge in [-0.3, -0.25) is 10.4 Å². The monoisotopic (exact) mass is 464 g/mol. The minimum absolute atomic E-state index is 0.0466. The maximum atomic E-state index is 14.7. The standard InChI is InChI=1S/C23H18ClFN6O2/c24-13-5-6-14-16(9-13)21(15-3-1-2-4-17(15)25)28-10-12-11-29-23(31-20(12)14)30-19(27)8-7-18(26)22(32)33/h1-3,5-9,11,17,26H,4,10H2,(H,32,33)(H2,27,29,30,31)/b8-7-,26-18?. The summed E-state index contributed by atoms with van der Waals surface area (Å²) in [6.45, 7) is 0.236. The molecule has 4 rings (SSSR count). The van der Waals surface area contributed by atoms with E-state index in [9.17, 15) is 9.18 Å². The first-order valence-electron chi connectivity index (χ1n) is 9.89. The van der Waals surface area contributed by atoms with Crippen molar-refractivity contribution >= 4 is 40.8 Å². The molecule has 8 nitrogen and oxygen atoms in total. The van der Waals surface area contributed by atoms with Gasteiger partial charge in [-0.15, -0.1) is 0 Å². The Labute approximate surface area is 193 Å². The molecule has 0 fully saturated rings. The quantitative estimate of drug-likeness (QED) is 0.454. The molecule has 1 atom stereocenters. The summed E-state index contributed by atoms with van der Waals surface area (Å²) in [5.74, 6) is -1.40. The number of hydrogen-bond donors (Lipinski definition) is 3. The van der Waals surface area contributed by atoms with Gasteiger partial charge in [0.1, 0.15) is 17.7 Å². The van der Waals surface area contributed by atoms with Crippen molar-refractivity contribution in [3.63, 3.8) is 0 Å². The number of nitrogens with zero attached hydrogens (tertiary/aromatic N) is 4. The molecule has 0 bridgehead atoms. The van der Waals surface area contributed by atoms with Crippen molar-refractivity contribution < 1.29 is 14.3 Å². The van der Waals surface area contributed by atoms with Gasteiger partial charge in [-0.05, 0) is 24.3 Å². The lowest BCUT2D eigenvalue weighted by molar-refractivity contribution is -0.129. The van der Waals surface area contributed by atoms with E-state index in [-0.39, 0.29) is 24.7 Å². The number of aliphatic imine (C=N–C) groups is 2. The molecule has 0 saturated carbocycles. The summed E-state index contributed by atoms with van der Waals surface area (Å²) >= 11 is 6.26. The smallest absolute Gasteiger partial charge is 0.353 e. The van der Waals surface area contributed by atoms with Gasteiger partial charge in [0.25, 0.3) is 5.95 Å². The Bertz CT molecular complexity index is 1310. The van der Waals surface area contributed by atoms with Crippen LogP contribution in [0.5, 0.6) is 0 Å². The molecule has 2 heterocycles. The minimum Gasteiger partial charge on any atom is -0.477 e. The van der Waals surface area contributed by atoms with Gasteiger partial charge in [0.15, 0.2) is 0 Å². The summed E-state index contributed by atoms with van der Waals surface area (Å²) < 4.78 is 14.7. The van der Waals surface area contributed by atoms with Crippen molar-refractivity contribution in [3.8, 4) is 11.3 Å². The fourth-order valence-electron chi connectivity index (χ4n) is 3.44. The Morgan fingerprint density at radius 2 is 2.15 bits per heavy atom. The topological polar surface area (TPSA) is 138 Å². The Morgan fingerprint density at radius 3 is 2.91 bits per heavy atom. The number of nitrogens with two attached hydrogens (primary N) is 1. The van der Waals surface area contributed by atoms with Crippen molar-refractivity contribution in [3.05, 3.63) is 76.5 Å². The second-order valence-corrected chi connectivity index (χ2v) is 7.68. The SMILES string of the molecule is N=C(/C=C\C(N)=Nc1ncc2c(n1)-c1ccc(Cl)cc1C(C1=CC=CCC1F)=NC2)C(=O)O. The van der Waals surface area contributed by atoms with Crippen LogP contribution >= 0.6 is 11.6 Å². The predicted octanol–water partition coefficient (Wildman–Crippen LogP) is 3.97. The Morgan fingerprint density at radius 1 is 1.33 bits per heavy atom. The second-order valence-electron chi connectivity index (χ2n) is 7.24. The Balaban J connectivity index is 1.77. The molecular formula is C23H18ClFN6O2. The fourth-order valence-corrected chi connectivity index (χ4v) is 3.61. The lowest BCUT2D eigenvalue weighted by Gasteiger charge is -2.18. The third-order valence-corrected chi connectivity index (χ3v) is 5.23. The van der Waals surface area contributed by atoms with Crippen molar-refractivity contribution in [2.24, 2.45) is 15.7 Å². The van der Waals surface area contributed by atoms with Crippen LogP contribution in [-0.4, -0.2) is 44.5 Å². The number of carbonyl (C=O) groups is 1. The number of allylic oxidation sites excluding steroid dienone is 4. The normalized spacial score (nSPS) is 17.6. The third kappa shape index (κ3) is 4.78. The summed E-state index contributed by atoms with van der Waals surface area (Å²) in [4.78, 5) is 28.2. The molecule has 2 aliphatic rings. The highest BCUT2D eigenvalue weighted by molar-refractivity contribution is 6.39. The number of hydrogen-bond acceptors (Lipinski definition) is 6. The number of carboxylic acids is 1. The van der Waals surface area contributed by atoms with Gasteiger partial charge in [0.05, 0.1) is 18.0 Å². The Hall–Kier alpha value is -3.98. The van der Waals surface area contributed by atoms with Gasteiger partial charge in [0, 0.05) is 39.9 Å². The van der Waals surface area contributed by atoms with E-state index in [0.717, 1.165) is 11.6 Å². The number of aromatic nitrogens is 2. The lowest BCUT2D eigenvalue weighted by Crippen LogP contribution is -2.17. The van der Waals surface area contributed by atoms with E-state index >= 15 is 0 Å². The molecule has 1 aliphatic heterocycles. The maximum absolute atomic E-state index is 14.7. The Kier molecular flexibility index (Phi) is 6.23. The number of rotatable bonds is 5. The van der Waals surface area contributed by atoms with E-state index < -0.39 is 17.9 Å². The van der Waals surface area contributed by atoms with Gasteiger partial charge in [-0.25, -0.2) is 19.2 Å². The molecule has 1 aliphatic carbocycles. The van der Waals surface area contributed by atoms with Crippen molar-refractivity contribution in [1.82, 2.24) is 9.97 Å². The van der Waals surface area contributed by atoms with Crippen LogP contribution in [0, 0.1) is 5.41 Å². The van der Waals surface area contributed by atoms with Crippen LogP contribution in [-0.2, 0) is 11.3 Å². The number of halogens is 2. The highest BCUT2D eigenvalue weighted by Crippen LogP contribution is 2.35. The largest absolute Gasteiger partial charge is 0.477 e. The van der Waals surface area contributed by atoms with Crippen LogP contribution in [0.1, 0.15) is 17.5 Å². The fraction of sp³-hybridized carbons (Fsp3) is 0.130. The molecule has 1 unspecified atom stereocenters. The van der Waals surface area contributed by atoms with E-state index in [1.807, 2.05) is 6.08 Å². The molecule has 0 spiro atoms. The molecule has 166 valence electrons. The van der Waals surface area contributed by atoms with Gasteiger partial charge in [-0.1, -0.05) is 35.9 Å². The van der Waals surface area contributed by atoms with E-state index in [4.69, 9.17) is 27.9 Å². The van der Waals surface area contributed by atoms with Crippen LogP contribution in [0.25, 0.3) is 11.3 Å². The molecule has 0 radical (unpaired) electrons. The first-order chi connectivity index (χ1) is 15.8. The number of benzene rings is 1. The van der Waals surface area contributed by atoms with Crippen LogP contribution < -0.4 is 5.73 Å². The zero-order valence-electron chi connectivity index (χ0n) is 17.2. The summed E-state index contributed by atoms with van der Waals surface area (Å²) in [6, 6.07) is 5.24. The first-order valence-corrected chi connectivity index (χ1v) is 10.3. The number of carboxylic acid groups (broad SMARTS) is 1. The molecule has 0 amide bonds. The number of nitrogens with one attached hydrogen (secondary N) is 1. The van der Waals surface area contributed by atoms with E-state index in [1.54, 1.807) is 36.5 Å². The molecule has 1 aromatic heterocycles. The number of fused-ring (bicyclic) bond motifs is 3. The molecular weight excluding hydrogens is 447 g/mol. The summed E-state index contributed by atoms with van der Waals surface area (Å²) in [5, 5.41) is 16.5. The number of alkyl halides is 1. The van der Waals surface area contributed by atoms with Gasteiger partial charge in [-0.2, -0.15) is 4.99 Å². The molecule has 4 N–H and O–H groups in total. The average Bonchev–Trinajstić information content (AvgIpc) is 2.94. The summed E-state index contributed by atoms with van der Waals surface area (Å²) in [5.41, 5.74) is 8.81. The van der Waals surface area contributed by atoms with Crippen LogP contribution in [0.15, 0.2) is 70.3 Å². The average molecular weight is 465 g/mol. The van der Waals surface area contributed by atoms with E-state index in [0.29, 0.717) is 33.1 Å². The molecule has 10 heteroatoms. The van der Waals surface area contributed by atoms with Crippen LogP contribution in [0.2, 0.25) is 5.02 Å². The maximum Gasteiger partial charge on any atom is 0.353 e. The number of aliphatic carboxylic acids is 1. The molecule has 1 aromatic carbocycles. The first kappa shape index (κ1) is 22.2.